The predicted octanol–water partition coefficient (Wildman–Crippen LogP) is 5.04. The van der Waals surface area contributed by atoms with Crippen LogP contribution in [0.4, 0.5) is 0 Å². The molecule has 0 aliphatic carbocycles. The summed E-state index contributed by atoms with van der Waals surface area (Å²) in [4.78, 5) is 4.75. The minimum atomic E-state index is 0.469. The first kappa shape index (κ1) is 23.6. The van der Waals surface area contributed by atoms with Gasteiger partial charge >= 0.3 is 0 Å². The molecule has 0 saturated carbocycles. The zero-order valence-corrected chi connectivity index (χ0v) is 20.8. The Morgan fingerprint density at radius 3 is 2.44 bits per heavy atom. The van der Waals surface area contributed by atoms with Crippen LogP contribution < -0.4 is 10.4 Å². The van der Waals surface area contributed by atoms with Crippen LogP contribution >= 0.6 is 0 Å². The zero-order valence-electron chi connectivity index (χ0n) is 20.8. The Hall–Kier alpha value is -4.17. The lowest BCUT2D eigenvalue weighted by atomic mass is 10.0. The van der Waals surface area contributed by atoms with E-state index in [1.165, 1.54) is 5.06 Å². The predicted molar refractivity (Wildman–Crippen MR) is 138 cm³/mol. The smallest absolute Gasteiger partial charge is 0.207 e. The van der Waals surface area contributed by atoms with E-state index in [2.05, 4.69) is 56.6 Å². The van der Waals surface area contributed by atoms with E-state index in [4.69, 9.17) is 4.98 Å². The molecule has 0 radical (unpaired) electrons. The molecule has 8 heteroatoms. The van der Waals surface area contributed by atoms with Crippen molar-refractivity contribution in [3.63, 3.8) is 0 Å². The highest BCUT2D eigenvalue weighted by Crippen LogP contribution is 2.16. The van der Waals surface area contributed by atoms with Crippen molar-refractivity contribution >= 4 is 11.5 Å². The van der Waals surface area contributed by atoms with Crippen LogP contribution in [-0.4, -0.2) is 19.8 Å². The van der Waals surface area contributed by atoms with Gasteiger partial charge in [-0.3, -0.25) is 5.21 Å². The molecule has 3 heterocycles. The SMILES string of the molecule is CCCCc1nc(C)cn1Cc1ccc(=c2ccccc2=C2N=NN=N2)c(=C2C=C(C)C=CN2O)c1. The monoisotopic (exact) mass is 479 g/mol. The fourth-order valence-electron chi connectivity index (χ4n) is 4.57. The number of unbranched alkanes of at least 4 members (excludes halogenated alkanes) is 1. The number of aryl methyl sites for hydroxylation is 2. The highest BCUT2D eigenvalue weighted by atomic mass is 16.5. The summed E-state index contributed by atoms with van der Waals surface area (Å²) in [6.45, 7) is 6.95. The van der Waals surface area contributed by atoms with Gasteiger partial charge in [0, 0.05) is 35.8 Å². The van der Waals surface area contributed by atoms with Crippen molar-refractivity contribution in [1.29, 1.82) is 0 Å². The van der Waals surface area contributed by atoms with Crippen molar-refractivity contribution in [3.05, 3.63) is 111 Å². The average molecular weight is 480 g/mol. The molecule has 2 aliphatic rings. The molecule has 0 atom stereocenters. The Labute approximate surface area is 209 Å². The number of benzene rings is 2. The fraction of sp³-hybridized carbons (Fsp3) is 0.250. The maximum atomic E-state index is 10.8. The summed E-state index contributed by atoms with van der Waals surface area (Å²) in [7, 11) is 0. The maximum absolute atomic E-state index is 10.8. The molecule has 0 spiro atoms. The first-order valence-corrected chi connectivity index (χ1v) is 12.2. The minimum absolute atomic E-state index is 0.469. The van der Waals surface area contributed by atoms with Crippen LogP contribution in [0, 0.1) is 17.4 Å². The third-order valence-electron chi connectivity index (χ3n) is 6.31. The molecule has 1 aromatic heterocycles. The third kappa shape index (κ3) is 4.81. The summed E-state index contributed by atoms with van der Waals surface area (Å²) in [5.41, 5.74) is 3.90. The quantitative estimate of drug-likeness (QED) is 0.556. The highest BCUT2D eigenvalue weighted by molar-refractivity contribution is 5.60. The number of rotatable bonds is 5. The Balaban J connectivity index is 1.79. The summed E-state index contributed by atoms with van der Waals surface area (Å²) in [5, 5.41) is 31.1. The van der Waals surface area contributed by atoms with Crippen molar-refractivity contribution in [2.24, 2.45) is 20.7 Å². The van der Waals surface area contributed by atoms with E-state index in [1.807, 2.05) is 50.3 Å². The highest BCUT2D eigenvalue weighted by Gasteiger charge is 2.11. The van der Waals surface area contributed by atoms with E-state index < -0.39 is 0 Å². The maximum Gasteiger partial charge on any atom is 0.207 e. The first-order valence-electron chi connectivity index (χ1n) is 12.2. The van der Waals surface area contributed by atoms with E-state index in [0.717, 1.165) is 62.8 Å². The van der Waals surface area contributed by atoms with Crippen molar-refractivity contribution in [2.45, 2.75) is 46.6 Å². The molecule has 0 saturated heterocycles. The number of nitrogens with zero attached hydrogens (tertiary/aromatic N) is 7. The molecule has 0 unspecified atom stereocenters. The van der Waals surface area contributed by atoms with Crippen molar-refractivity contribution in [2.75, 3.05) is 0 Å². The number of hydrogen-bond acceptors (Lipinski definition) is 7. The van der Waals surface area contributed by atoms with E-state index in [-0.39, 0.29) is 0 Å². The number of hydrogen-bond donors (Lipinski definition) is 1. The Morgan fingerprint density at radius 2 is 1.67 bits per heavy atom. The molecule has 36 heavy (non-hydrogen) atoms. The molecule has 0 bridgehead atoms. The first-order chi connectivity index (χ1) is 17.5. The molecule has 1 N–H and O–H groups in total. The van der Waals surface area contributed by atoms with E-state index in [1.54, 1.807) is 6.20 Å². The Morgan fingerprint density at radius 1 is 0.917 bits per heavy atom. The summed E-state index contributed by atoms with van der Waals surface area (Å²) < 4.78 is 2.23. The van der Waals surface area contributed by atoms with Gasteiger partial charge in [-0.2, -0.15) is 0 Å². The lowest BCUT2D eigenvalue weighted by molar-refractivity contribution is 0.0238. The molecular formula is C28H29N7O. The van der Waals surface area contributed by atoms with Crippen LogP contribution in [0.25, 0.3) is 11.5 Å². The van der Waals surface area contributed by atoms with Gasteiger partial charge in [-0.1, -0.05) is 49.7 Å². The van der Waals surface area contributed by atoms with Gasteiger partial charge in [0.1, 0.15) is 5.82 Å². The van der Waals surface area contributed by atoms with E-state index in [0.29, 0.717) is 18.1 Å². The lowest BCUT2D eigenvalue weighted by Gasteiger charge is -2.18. The summed E-state index contributed by atoms with van der Waals surface area (Å²) in [6, 6.07) is 14.3. The second kappa shape index (κ2) is 10.2. The van der Waals surface area contributed by atoms with Crippen LogP contribution in [0.5, 0.6) is 0 Å². The van der Waals surface area contributed by atoms with Crippen LogP contribution in [0.1, 0.15) is 43.8 Å². The number of aromatic nitrogens is 2. The van der Waals surface area contributed by atoms with Gasteiger partial charge in [0.15, 0.2) is 0 Å². The minimum Gasteiger partial charge on any atom is -0.330 e. The van der Waals surface area contributed by atoms with Crippen LogP contribution in [0.3, 0.4) is 0 Å². The Kier molecular flexibility index (Phi) is 6.69. The lowest BCUT2D eigenvalue weighted by Crippen LogP contribution is -2.23. The molecule has 182 valence electrons. The van der Waals surface area contributed by atoms with Crippen LogP contribution in [0.2, 0.25) is 0 Å². The molecule has 3 aromatic rings. The van der Waals surface area contributed by atoms with Gasteiger partial charge in [0.25, 0.3) is 0 Å². The largest absolute Gasteiger partial charge is 0.330 e. The van der Waals surface area contributed by atoms with Gasteiger partial charge in [0.05, 0.1) is 11.4 Å². The molecule has 0 fully saturated rings. The van der Waals surface area contributed by atoms with Crippen LogP contribution in [0.15, 0.2) is 93.3 Å². The van der Waals surface area contributed by atoms with Crippen molar-refractivity contribution in [3.8, 4) is 0 Å². The molecule has 2 aliphatic heterocycles. The topological polar surface area (TPSA) is 90.7 Å². The van der Waals surface area contributed by atoms with Gasteiger partial charge in [-0.05, 0) is 70.5 Å². The summed E-state index contributed by atoms with van der Waals surface area (Å²) in [5.74, 6) is 1.57. The number of allylic oxidation sites excluding steroid dienone is 2. The van der Waals surface area contributed by atoms with Gasteiger partial charge in [-0.15, -0.1) is 10.2 Å². The van der Waals surface area contributed by atoms with Crippen molar-refractivity contribution in [1.82, 2.24) is 14.6 Å². The normalized spacial score (nSPS) is 17.3. The summed E-state index contributed by atoms with van der Waals surface area (Å²) in [6.07, 6.45) is 10.8. The van der Waals surface area contributed by atoms with Gasteiger partial charge in [-0.25, -0.2) is 10.0 Å². The average Bonchev–Trinajstić information content (AvgIpc) is 3.54. The zero-order chi connectivity index (χ0) is 25.1. The van der Waals surface area contributed by atoms with Gasteiger partial charge in [0.2, 0.25) is 5.82 Å². The molecule has 2 aromatic carbocycles. The van der Waals surface area contributed by atoms with E-state index >= 15 is 0 Å². The fourth-order valence-corrected chi connectivity index (χ4v) is 4.57. The third-order valence-corrected chi connectivity index (χ3v) is 6.31. The molecule has 0 amide bonds. The number of imidazole rings is 1. The standard InChI is InChI=1S/C28H29N7O/c1-4-5-10-27-29-20(3)17-34(27)18-21-11-12-23(25(16-21)26-15-19(2)13-14-35(26)36)22-8-6-7-9-24(22)28-30-32-33-31-28/h6-9,11-17,36H,4-5,10,18H2,1-3H3. The second-order valence-corrected chi connectivity index (χ2v) is 9.09. The molecular weight excluding hydrogens is 450 g/mol. The van der Waals surface area contributed by atoms with Crippen LogP contribution in [-0.2, 0) is 13.0 Å². The van der Waals surface area contributed by atoms with E-state index in [9.17, 15) is 5.21 Å². The molecule has 8 nitrogen and oxygen atoms in total. The summed E-state index contributed by atoms with van der Waals surface area (Å²) >= 11 is 0. The number of hydroxylamine groups is 2. The van der Waals surface area contributed by atoms with Crippen molar-refractivity contribution < 1.29 is 5.21 Å². The van der Waals surface area contributed by atoms with Gasteiger partial charge < -0.3 is 4.57 Å². The second-order valence-electron chi connectivity index (χ2n) is 9.09. The molecule has 5 rings (SSSR count). The Bertz CT molecular complexity index is 1630.